The van der Waals surface area contributed by atoms with E-state index in [4.69, 9.17) is 10.8 Å². The van der Waals surface area contributed by atoms with Crippen molar-refractivity contribution in [2.24, 2.45) is 5.73 Å². The lowest BCUT2D eigenvalue weighted by molar-refractivity contribution is -0.125. The first kappa shape index (κ1) is 15.1. The molecule has 0 aliphatic carbocycles. The van der Waals surface area contributed by atoms with E-state index >= 15 is 0 Å². The molecule has 5 N–H and O–H groups in total. The predicted molar refractivity (Wildman–Crippen MR) is 67.9 cm³/mol. The van der Waals surface area contributed by atoms with Gasteiger partial charge in [-0.3, -0.25) is 9.59 Å². The minimum absolute atomic E-state index is 0.00142. The highest BCUT2D eigenvalue weighted by molar-refractivity contribution is 7.09. The van der Waals surface area contributed by atoms with Gasteiger partial charge in [-0.05, 0) is 0 Å². The number of carbonyl (C=O) groups is 3. The summed E-state index contributed by atoms with van der Waals surface area (Å²) in [6.45, 7) is 0.0303. The Morgan fingerprint density at radius 3 is 2.63 bits per heavy atom. The Morgan fingerprint density at radius 2 is 2.05 bits per heavy atom. The lowest BCUT2D eigenvalue weighted by atomic mass is 10.4. The van der Waals surface area contributed by atoms with Crippen LogP contribution in [0.15, 0.2) is 5.38 Å². The number of hydrogen-bond acceptors (Lipinski definition) is 6. The second-order valence-corrected chi connectivity index (χ2v) is 4.46. The number of aromatic carboxylic acids is 1. The van der Waals surface area contributed by atoms with E-state index < -0.39 is 11.9 Å². The number of rotatable bonds is 7. The summed E-state index contributed by atoms with van der Waals surface area (Å²) in [6, 6.07) is 0. The Morgan fingerprint density at radius 1 is 1.32 bits per heavy atom. The molecule has 9 heteroatoms. The van der Waals surface area contributed by atoms with Gasteiger partial charge in [0.1, 0.15) is 0 Å². The highest BCUT2D eigenvalue weighted by Crippen LogP contribution is 2.09. The molecule has 19 heavy (non-hydrogen) atoms. The molecule has 0 fully saturated rings. The van der Waals surface area contributed by atoms with Crippen molar-refractivity contribution in [2.45, 2.75) is 6.42 Å². The number of carbonyl (C=O) groups excluding carboxylic acids is 2. The molecular weight excluding hydrogens is 272 g/mol. The first-order chi connectivity index (χ1) is 9.02. The minimum atomic E-state index is -1.07. The van der Waals surface area contributed by atoms with Crippen LogP contribution in [-0.4, -0.2) is 47.5 Å². The fourth-order valence-corrected chi connectivity index (χ4v) is 1.92. The van der Waals surface area contributed by atoms with E-state index in [9.17, 15) is 14.4 Å². The number of nitrogens with one attached hydrogen (secondary N) is 2. The van der Waals surface area contributed by atoms with E-state index in [-0.39, 0.29) is 24.7 Å². The average molecular weight is 286 g/mol. The van der Waals surface area contributed by atoms with Crippen LogP contribution in [0.3, 0.4) is 0 Å². The molecule has 1 aromatic heterocycles. The van der Waals surface area contributed by atoms with Gasteiger partial charge in [0.05, 0.1) is 18.1 Å². The van der Waals surface area contributed by atoms with E-state index in [0.717, 1.165) is 0 Å². The molecule has 0 saturated heterocycles. The van der Waals surface area contributed by atoms with Crippen molar-refractivity contribution in [1.82, 2.24) is 15.6 Å². The molecule has 0 aliphatic heterocycles. The lowest BCUT2D eigenvalue weighted by Crippen LogP contribution is -2.40. The summed E-state index contributed by atoms with van der Waals surface area (Å²) in [7, 11) is 0. The van der Waals surface area contributed by atoms with Crippen LogP contribution < -0.4 is 16.4 Å². The molecule has 0 aliphatic rings. The molecule has 0 bridgehead atoms. The van der Waals surface area contributed by atoms with E-state index in [0.29, 0.717) is 18.0 Å². The Kier molecular flexibility index (Phi) is 5.90. The summed E-state index contributed by atoms with van der Waals surface area (Å²) in [4.78, 5) is 36.6. The minimum Gasteiger partial charge on any atom is -0.476 e. The van der Waals surface area contributed by atoms with Crippen molar-refractivity contribution >= 4 is 29.1 Å². The number of nitrogens with two attached hydrogens (primary N) is 1. The standard InChI is InChI=1S/C10H14N4O4S/c11-3-7(15)13-4-8(16)12-2-1-9-14-6(5-19-9)10(17)18/h5H,1-4,11H2,(H,12,16)(H,13,15)(H,17,18). The normalized spacial score (nSPS) is 9.95. The fraction of sp³-hybridized carbons (Fsp3) is 0.400. The van der Waals surface area contributed by atoms with Crippen molar-refractivity contribution in [3.05, 3.63) is 16.1 Å². The number of hydrogen-bond donors (Lipinski definition) is 4. The molecular formula is C10H14N4O4S. The molecule has 0 saturated carbocycles. The number of amides is 2. The molecule has 1 rings (SSSR count). The van der Waals surface area contributed by atoms with Crippen LogP contribution in [0.25, 0.3) is 0 Å². The zero-order valence-corrected chi connectivity index (χ0v) is 10.8. The smallest absolute Gasteiger partial charge is 0.355 e. The predicted octanol–water partition coefficient (Wildman–Crippen LogP) is -1.43. The molecule has 0 atom stereocenters. The summed E-state index contributed by atoms with van der Waals surface area (Å²) in [6.07, 6.45) is 0.439. The molecule has 0 radical (unpaired) electrons. The van der Waals surface area contributed by atoms with Crippen molar-refractivity contribution < 1.29 is 19.5 Å². The lowest BCUT2D eigenvalue weighted by Gasteiger charge is -2.04. The summed E-state index contributed by atoms with van der Waals surface area (Å²) < 4.78 is 0. The van der Waals surface area contributed by atoms with Crippen LogP contribution in [0.2, 0.25) is 0 Å². The highest BCUT2D eigenvalue weighted by Gasteiger charge is 2.09. The second kappa shape index (κ2) is 7.44. The van der Waals surface area contributed by atoms with E-state index in [1.165, 1.54) is 16.7 Å². The first-order valence-electron chi connectivity index (χ1n) is 5.44. The highest BCUT2D eigenvalue weighted by atomic mass is 32.1. The average Bonchev–Trinajstić information content (AvgIpc) is 2.85. The molecule has 0 unspecified atom stereocenters. The number of nitrogens with zero attached hydrogens (tertiary/aromatic N) is 1. The van der Waals surface area contributed by atoms with Gasteiger partial charge in [-0.15, -0.1) is 11.3 Å². The van der Waals surface area contributed by atoms with Crippen LogP contribution in [0.4, 0.5) is 0 Å². The van der Waals surface area contributed by atoms with Gasteiger partial charge in [0.2, 0.25) is 11.8 Å². The van der Waals surface area contributed by atoms with Crippen molar-refractivity contribution in [2.75, 3.05) is 19.6 Å². The molecule has 0 spiro atoms. The Bertz CT molecular complexity index is 474. The van der Waals surface area contributed by atoms with Crippen molar-refractivity contribution in [1.29, 1.82) is 0 Å². The van der Waals surface area contributed by atoms with Gasteiger partial charge in [0.15, 0.2) is 5.69 Å². The zero-order valence-electron chi connectivity index (χ0n) is 10.0. The largest absolute Gasteiger partial charge is 0.476 e. The van der Waals surface area contributed by atoms with Gasteiger partial charge in [0.25, 0.3) is 0 Å². The SMILES string of the molecule is NCC(=O)NCC(=O)NCCc1nc(C(=O)O)cs1. The van der Waals surface area contributed by atoms with Crippen LogP contribution in [0, 0.1) is 0 Å². The summed E-state index contributed by atoms with van der Waals surface area (Å²) in [5.74, 6) is -1.81. The van der Waals surface area contributed by atoms with Crippen LogP contribution in [-0.2, 0) is 16.0 Å². The van der Waals surface area contributed by atoms with Crippen molar-refractivity contribution in [3.8, 4) is 0 Å². The van der Waals surface area contributed by atoms with Crippen LogP contribution >= 0.6 is 11.3 Å². The van der Waals surface area contributed by atoms with Gasteiger partial charge < -0.3 is 21.5 Å². The topological polar surface area (TPSA) is 134 Å². The third-order valence-corrected chi connectivity index (χ3v) is 2.97. The first-order valence-corrected chi connectivity index (χ1v) is 6.32. The Hall–Kier alpha value is -2.00. The molecule has 1 heterocycles. The van der Waals surface area contributed by atoms with E-state index in [1.807, 2.05) is 0 Å². The molecule has 104 valence electrons. The number of carboxylic acids is 1. The maximum absolute atomic E-state index is 11.3. The van der Waals surface area contributed by atoms with Gasteiger partial charge in [0, 0.05) is 18.3 Å². The second-order valence-electron chi connectivity index (χ2n) is 3.51. The summed E-state index contributed by atoms with van der Waals surface area (Å²) >= 11 is 1.22. The van der Waals surface area contributed by atoms with Gasteiger partial charge in [-0.2, -0.15) is 0 Å². The van der Waals surface area contributed by atoms with Crippen molar-refractivity contribution in [3.63, 3.8) is 0 Å². The van der Waals surface area contributed by atoms with E-state index in [2.05, 4.69) is 15.6 Å². The quantitative estimate of drug-likeness (QED) is 0.485. The number of thiazole rings is 1. The molecule has 0 aromatic carbocycles. The number of carboxylic acid groups (broad SMARTS) is 1. The maximum Gasteiger partial charge on any atom is 0.355 e. The molecule has 8 nitrogen and oxygen atoms in total. The number of aromatic nitrogens is 1. The summed E-state index contributed by atoms with van der Waals surface area (Å²) in [5, 5.41) is 15.7. The Labute approximate surface area is 113 Å². The van der Waals surface area contributed by atoms with Gasteiger partial charge in [-0.25, -0.2) is 9.78 Å². The monoisotopic (exact) mass is 286 g/mol. The Balaban J connectivity index is 2.24. The van der Waals surface area contributed by atoms with Gasteiger partial charge >= 0.3 is 5.97 Å². The zero-order chi connectivity index (χ0) is 14.3. The third-order valence-electron chi connectivity index (χ3n) is 2.06. The van der Waals surface area contributed by atoms with Gasteiger partial charge in [-0.1, -0.05) is 0 Å². The van der Waals surface area contributed by atoms with E-state index in [1.54, 1.807) is 0 Å². The third kappa shape index (κ3) is 5.44. The maximum atomic E-state index is 11.3. The van der Waals surface area contributed by atoms with Crippen LogP contribution in [0.5, 0.6) is 0 Å². The fourth-order valence-electron chi connectivity index (χ4n) is 1.15. The van der Waals surface area contributed by atoms with Crippen LogP contribution in [0.1, 0.15) is 15.5 Å². The molecule has 2 amide bonds. The molecule has 1 aromatic rings. The summed E-state index contributed by atoms with van der Waals surface area (Å²) in [5.41, 5.74) is 5.06.